The van der Waals surface area contributed by atoms with Crippen molar-refractivity contribution in [2.45, 2.75) is 25.0 Å². The van der Waals surface area contributed by atoms with Gasteiger partial charge in [-0.05, 0) is 36.2 Å². The molecule has 2 aromatic rings. The summed E-state index contributed by atoms with van der Waals surface area (Å²) in [4.78, 5) is 15.4. The van der Waals surface area contributed by atoms with Gasteiger partial charge in [-0.2, -0.15) is 0 Å². The monoisotopic (exact) mass is 454 g/mol. The van der Waals surface area contributed by atoms with Crippen molar-refractivity contribution < 1.29 is 31.6 Å². The summed E-state index contributed by atoms with van der Waals surface area (Å²) in [6.07, 6.45) is 2.57. The molecule has 3 heterocycles. The molecule has 2 aliphatic rings. The molecule has 168 valence electrons. The Morgan fingerprint density at radius 3 is 2.71 bits per heavy atom. The van der Waals surface area contributed by atoms with Crippen LogP contribution in [-0.4, -0.2) is 64.3 Å². The molecule has 1 amide bonds. The van der Waals surface area contributed by atoms with E-state index in [0.717, 1.165) is 6.26 Å². The van der Waals surface area contributed by atoms with Gasteiger partial charge in [0.15, 0.2) is 6.10 Å². The largest absolute Gasteiger partial charge is 0.471 e. The van der Waals surface area contributed by atoms with E-state index in [4.69, 9.17) is 9.47 Å². The molecule has 2 fully saturated rings. The maximum Gasteiger partial charge on any atom is 0.414 e. The van der Waals surface area contributed by atoms with Gasteiger partial charge in [-0.15, -0.1) is 0 Å². The van der Waals surface area contributed by atoms with Crippen molar-refractivity contribution in [1.29, 1.82) is 0 Å². The van der Waals surface area contributed by atoms with Crippen molar-refractivity contribution in [2.24, 2.45) is 0 Å². The first-order valence-corrected chi connectivity index (χ1v) is 11.7. The number of carbonyl (C=O) groups excluding carboxylic acids is 1. The zero-order valence-electron chi connectivity index (χ0n) is 16.9. The molecule has 0 aliphatic carbocycles. The van der Waals surface area contributed by atoms with Crippen molar-refractivity contribution in [3.63, 3.8) is 0 Å². The smallest absolute Gasteiger partial charge is 0.414 e. The molecule has 31 heavy (non-hydrogen) atoms. The lowest BCUT2D eigenvalue weighted by atomic mass is 10.1. The summed E-state index contributed by atoms with van der Waals surface area (Å²) in [5.74, 6) is -0.164. The normalized spacial score (nSPS) is 20.2. The Bertz CT molecular complexity index is 1020. The van der Waals surface area contributed by atoms with Crippen molar-refractivity contribution in [3.8, 4) is 5.88 Å². The number of benzene rings is 1. The number of amides is 1. The first-order chi connectivity index (χ1) is 14.8. The molecule has 0 spiro atoms. The highest BCUT2D eigenvalue weighted by Crippen LogP contribution is 2.29. The second-order valence-corrected chi connectivity index (χ2v) is 9.33. The molecule has 2 aliphatic heterocycles. The van der Waals surface area contributed by atoms with Gasteiger partial charge in [0.1, 0.15) is 18.7 Å². The van der Waals surface area contributed by atoms with Gasteiger partial charge in [-0.1, -0.05) is 0 Å². The van der Waals surface area contributed by atoms with E-state index in [9.17, 15) is 17.6 Å². The number of piperidine rings is 1. The molecular weight excluding hydrogens is 431 g/mol. The van der Waals surface area contributed by atoms with Gasteiger partial charge >= 0.3 is 6.09 Å². The highest BCUT2D eigenvalue weighted by atomic mass is 32.2. The number of nitrogens with one attached hydrogen (secondary N) is 1. The molecule has 0 radical (unpaired) electrons. The quantitative estimate of drug-likeness (QED) is 0.673. The van der Waals surface area contributed by atoms with Gasteiger partial charge in [0.05, 0.1) is 24.2 Å². The minimum atomic E-state index is -3.26. The molecule has 10 nitrogen and oxygen atoms in total. The number of hydrogen-bond donors (Lipinski definition) is 1. The van der Waals surface area contributed by atoms with E-state index in [2.05, 4.69) is 14.4 Å². The number of hydrogen-bond acceptors (Lipinski definition) is 8. The standard InChI is InChI=1S/C19H23FN4O6S/c1-31(26,27)22-13-4-7-23(8-5-13)17-3-2-14(10-16(17)20)24-11-15(30-19(24)25)12-28-18-6-9-29-21-18/h2-3,6,9-10,13,15,22H,4-5,7-8,11-12H2,1H3/t15-/m1/s1. The van der Waals surface area contributed by atoms with E-state index in [0.29, 0.717) is 43.2 Å². The van der Waals surface area contributed by atoms with Crippen LogP contribution in [0, 0.1) is 5.82 Å². The first kappa shape index (κ1) is 21.4. The summed E-state index contributed by atoms with van der Waals surface area (Å²) >= 11 is 0. The zero-order chi connectivity index (χ0) is 22.0. The number of aromatic nitrogens is 1. The van der Waals surface area contributed by atoms with Gasteiger partial charge in [-0.3, -0.25) is 4.90 Å². The van der Waals surface area contributed by atoms with Crippen LogP contribution >= 0.6 is 0 Å². The molecule has 1 aromatic carbocycles. The lowest BCUT2D eigenvalue weighted by Crippen LogP contribution is -2.44. The van der Waals surface area contributed by atoms with Crippen LogP contribution in [0.15, 0.2) is 35.1 Å². The number of carbonyl (C=O) groups is 1. The van der Waals surface area contributed by atoms with Gasteiger partial charge in [0, 0.05) is 25.2 Å². The lowest BCUT2D eigenvalue weighted by molar-refractivity contribution is 0.102. The predicted molar refractivity (Wildman–Crippen MR) is 109 cm³/mol. The molecule has 1 aromatic heterocycles. The fraction of sp³-hybridized carbons (Fsp3) is 0.474. The third-order valence-corrected chi connectivity index (χ3v) is 5.93. The number of halogens is 1. The van der Waals surface area contributed by atoms with Crippen LogP contribution in [0.4, 0.5) is 20.6 Å². The van der Waals surface area contributed by atoms with E-state index in [1.54, 1.807) is 18.2 Å². The fourth-order valence-corrected chi connectivity index (χ4v) is 4.58. The van der Waals surface area contributed by atoms with Crippen LogP contribution in [-0.2, 0) is 14.8 Å². The van der Waals surface area contributed by atoms with E-state index in [1.165, 1.54) is 17.2 Å². The minimum Gasteiger partial charge on any atom is -0.471 e. The number of ether oxygens (including phenoxy) is 2. The predicted octanol–water partition coefficient (Wildman–Crippen LogP) is 1.74. The highest BCUT2D eigenvalue weighted by molar-refractivity contribution is 7.88. The maximum absolute atomic E-state index is 14.8. The number of rotatable bonds is 7. The molecule has 4 rings (SSSR count). The number of nitrogens with zero attached hydrogens (tertiary/aromatic N) is 3. The molecule has 0 unspecified atom stereocenters. The second kappa shape index (κ2) is 8.71. The molecule has 12 heteroatoms. The summed E-state index contributed by atoms with van der Waals surface area (Å²) in [5.41, 5.74) is 0.809. The van der Waals surface area contributed by atoms with Crippen LogP contribution < -0.4 is 19.3 Å². The summed E-state index contributed by atoms with van der Waals surface area (Å²) in [7, 11) is -3.26. The minimum absolute atomic E-state index is 0.103. The Hall–Kier alpha value is -2.86. The summed E-state index contributed by atoms with van der Waals surface area (Å²) < 4.78 is 55.5. The van der Waals surface area contributed by atoms with E-state index >= 15 is 0 Å². The van der Waals surface area contributed by atoms with Crippen LogP contribution in [0.1, 0.15) is 12.8 Å². The van der Waals surface area contributed by atoms with Crippen LogP contribution in [0.2, 0.25) is 0 Å². The van der Waals surface area contributed by atoms with E-state index < -0.39 is 28.0 Å². The SMILES string of the molecule is CS(=O)(=O)NC1CCN(c2ccc(N3C[C@H](COc4ccon4)OC3=O)cc2F)CC1. The summed E-state index contributed by atoms with van der Waals surface area (Å²) in [6.45, 7) is 1.37. The first-order valence-electron chi connectivity index (χ1n) is 9.81. The maximum atomic E-state index is 14.8. The Kier molecular flexibility index (Phi) is 6.01. The second-order valence-electron chi connectivity index (χ2n) is 7.55. The molecule has 0 saturated carbocycles. The van der Waals surface area contributed by atoms with E-state index in [1.807, 2.05) is 4.90 Å². The average molecular weight is 454 g/mol. The lowest BCUT2D eigenvalue weighted by Gasteiger charge is -2.34. The van der Waals surface area contributed by atoms with Crippen LogP contribution in [0.3, 0.4) is 0 Å². The van der Waals surface area contributed by atoms with Crippen molar-refractivity contribution in [2.75, 3.05) is 42.3 Å². The number of anilines is 2. The van der Waals surface area contributed by atoms with Crippen molar-refractivity contribution in [3.05, 3.63) is 36.3 Å². The molecule has 2 saturated heterocycles. The van der Waals surface area contributed by atoms with Crippen LogP contribution in [0.5, 0.6) is 5.88 Å². The Labute approximate surface area is 178 Å². The molecule has 0 bridgehead atoms. The highest BCUT2D eigenvalue weighted by Gasteiger charge is 2.33. The van der Waals surface area contributed by atoms with E-state index in [-0.39, 0.29) is 19.2 Å². The topological polar surface area (TPSA) is 114 Å². The molecule has 1 N–H and O–H groups in total. The number of sulfonamides is 1. The zero-order valence-corrected chi connectivity index (χ0v) is 17.7. The van der Waals surface area contributed by atoms with Gasteiger partial charge in [-0.25, -0.2) is 22.3 Å². The summed E-state index contributed by atoms with van der Waals surface area (Å²) in [5, 5.41) is 3.62. The average Bonchev–Trinajstić information content (AvgIpc) is 3.35. The van der Waals surface area contributed by atoms with Crippen molar-refractivity contribution in [1.82, 2.24) is 9.88 Å². The third kappa shape index (κ3) is 5.25. The van der Waals surface area contributed by atoms with Gasteiger partial charge < -0.3 is 18.9 Å². The fourth-order valence-electron chi connectivity index (χ4n) is 3.73. The molecule has 1 atom stereocenters. The Morgan fingerprint density at radius 2 is 2.06 bits per heavy atom. The van der Waals surface area contributed by atoms with Gasteiger partial charge in [0.2, 0.25) is 10.0 Å². The Morgan fingerprint density at radius 1 is 1.29 bits per heavy atom. The van der Waals surface area contributed by atoms with Crippen LogP contribution in [0.25, 0.3) is 0 Å². The Balaban J connectivity index is 1.36. The van der Waals surface area contributed by atoms with Crippen molar-refractivity contribution >= 4 is 27.5 Å². The number of cyclic esters (lactones) is 1. The van der Waals surface area contributed by atoms with Gasteiger partial charge in [0.25, 0.3) is 5.88 Å². The third-order valence-electron chi connectivity index (χ3n) is 5.16. The molecular formula is C19H23FN4O6S. The summed E-state index contributed by atoms with van der Waals surface area (Å²) in [6, 6.07) is 5.99.